The molecule has 0 fully saturated rings. The Bertz CT molecular complexity index is 250. The van der Waals surface area contributed by atoms with Gasteiger partial charge in [0.1, 0.15) is 0 Å². The second-order valence-corrected chi connectivity index (χ2v) is 4.62. The molecule has 0 N–H and O–H groups in total. The lowest BCUT2D eigenvalue weighted by molar-refractivity contribution is 0.791. The van der Waals surface area contributed by atoms with Crippen LogP contribution in [0.1, 0.15) is 19.4 Å². The van der Waals surface area contributed by atoms with E-state index in [9.17, 15) is 0 Å². The van der Waals surface area contributed by atoms with E-state index in [1.807, 2.05) is 38.1 Å². The first-order valence-electron chi connectivity index (χ1n) is 3.48. The number of hydrogen-bond acceptors (Lipinski definition) is 1. The number of halogens is 1. The highest BCUT2D eigenvalue weighted by atomic mass is 35.5. The Morgan fingerprint density at radius 1 is 1.36 bits per heavy atom. The average molecular weight is 187 g/mol. The zero-order chi connectivity index (χ0) is 8.48. The molecule has 1 rings (SSSR count). The summed E-state index contributed by atoms with van der Waals surface area (Å²) in [6, 6.07) is 7.77. The van der Waals surface area contributed by atoms with Gasteiger partial charge in [0.2, 0.25) is 0 Å². The average Bonchev–Trinajstić information content (AvgIpc) is 1.86. The third-order valence-corrected chi connectivity index (χ3v) is 2.02. The molecule has 0 saturated heterocycles. The molecule has 0 spiro atoms. The van der Waals surface area contributed by atoms with Crippen LogP contribution in [0.15, 0.2) is 24.3 Å². The molecule has 0 amide bonds. The topological polar surface area (TPSA) is 0 Å². The molecule has 60 valence electrons. The molecule has 0 radical (unpaired) electrons. The molecular weight excluding hydrogens is 176 g/mol. The van der Waals surface area contributed by atoms with Gasteiger partial charge in [-0.05, 0) is 31.5 Å². The van der Waals surface area contributed by atoms with Crippen molar-refractivity contribution in [1.29, 1.82) is 0 Å². The van der Waals surface area contributed by atoms with Crippen LogP contribution < -0.4 is 0 Å². The smallest absolute Gasteiger partial charge is 0.0409 e. The molecule has 0 atom stereocenters. The number of thiol groups is 1. The lowest BCUT2D eigenvalue weighted by Crippen LogP contribution is -2.06. The van der Waals surface area contributed by atoms with Crippen molar-refractivity contribution < 1.29 is 0 Å². The fourth-order valence-electron chi connectivity index (χ4n) is 0.869. The Balaban J connectivity index is 3.06. The summed E-state index contributed by atoms with van der Waals surface area (Å²) < 4.78 is -0.106. The van der Waals surface area contributed by atoms with E-state index in [0.29, 0.717) is 0 Å². The maximum Gasteiger partial charge on any atom is 0.0409 e. The largest absolute Gasteiger partial charge is 0.168 e. The highest BCUT2D eigenvalue weighted by molar-refractivity contribution is 7.81. The maximum absolute atomic E-state index is 5.82. The minimum absolute atomic E-state index is 0.106. The molecule has 0 aliphatic carbocycles. The van der Waals surface area contributed by atoms with Crippen molar-refractivity contribution in [2.24, 2.45) is 0 Å². The van der Waals surface area contributed by atoms with Crippen LogP contribution in [0.2, 0.25) is 5.02 Å². The SMILES string of the molecule is CC(C)(S)c1cccc(Cl)c1. The van der Waals surface area contributed by atoms with Gasteiger partial charge in [0, 0.05) is 9.77 Å². The van der Waals surface area contributed by atoms with Crippen molar-refractivity contribution in [3.63, 3.8) is 0 Å². The summed E-state index contributed by atoms with van der Waals surface area (Å²) in [6.07, 6.45) is 0. The van der Waals surface area contributed by atoms with Crippen molar-refractivity contribution >= 4 is 24.2 Å². The van der Waals surface area contributed by atoms with E-state index in [0.717, 1.165) is 10.6 Å². The quantitative estimate of drug-likeness (QED) is 0.638. The fraction of sp³-hybridized carbons (Fsp3) is 0.333. The van der Waals surface area contributed by atoms with Gasteiger partial charge >= 0.3 is 0 Å². The fourth-order valence-corrected chi connectivity index (χ4v) is 1.20. The van der Waals surface area contributed by atoms with Crippen LogP contribution in [0.25, 0.3) is 0 Å². The van der Waals surface area contributed by atoms with Crippen LogP contribution in [0.5, 0.6) is 0 Å². The van der Waals surface area contributed by atoms with Gasteiger partial charge in [-0.25, -0.2) is 0 Å². The summed E-state index contributed by atoms with van der Waals surface area (Å²) in [6.45, 7) is 4.09. The first kappa shape index (κ1) is 8.95. The third kappa shape index (κ3) is 2.42. The lowest BCUT2D eigenvalue weighted by atomic mass is 10.0. The Labute approximate surface area is 78.0 Å². The predicted molar refractivity (Wildman–Crippen MR) is 53.5 cm³/mol. The van der Waals surface area contributed by atoms with Crippen LogP contribution in [-0.4, -0.2) is 0 Å². The molecule has 0 bridgehead atoms. The second-order valence-electron chi connectivity index (χ2n) is 3.07. The van der Waals surface area contributed by atoms with Gasteiger partial charge in [-0.3, -0.25) is 0 Å². The van der Waals surface area contributed by atoms with Gasteiger partial charge in [0.15, 0.2) is 0 Å². The normalized spacial score (nSPS) is 11.6. The van der Waals surface area contributed by atoms with Crippen molar-refractivity contribution in [1.82, 2.24) is 0 Å². The molecule has 1 aromatic rings. The summed E-state index contributed by atoms with van der Waals surface area (Å²) in [5.74, 6) is 0. The molecule has 11 heavy (non-hydrogen) atoms. The minimum atomic E-state index is -0.106. The van der Waals surface area contributed by atoms with E-state index >= 15 is 0 Å². The van der Waals surface area contributed by atoms with E-state index in [2.05, 4.69) is 12.6 Å². The standard InChI is InChI=1S/C9H11ClS/c1-9(2,11)7-4-3-5-8(10)6-7/h3-6,11H,1-2H3. The summed E-state index contributed by atoms with van der Waals surface area (Å²) in [5.41, 5.74) is 1.15. The molecule has 0 aliphatic heterocycles. The van der Waals surface area contributed by atoms with E-state index in [1.54, 1.807) is 0 Å². The van der Waals surface area contributed by atoms with Crippen molar-refractivity contribution in [3.8, 4) is 0 Å². The van der Waals surface area contributed by atoms with Gasteiger partial charge in [-0.2, -0.15) is 12.6 Å². The number of hydrogen-bond donors (Lipinski definition) is 1. The first-order chi connectivity index (χ1) is 5.00. The Hall–Kier alpha value is -0.140. The van der Waals surface area contributed by atoms with Crippen LogP contribution in [0.3, 0.4) is 0 Å². The van der Waals surface area contributed by atoms with E-state index in [1.165, 1.54) is 0 Å². The molecule has 0 nitrogen and oxygen atoms in total. The Kier molecular flexibility index (Phi) is 2.50. The van der Waals surface area contributed by atoms with E-state index in [-0.39, 0.29) is 4.75 Å². The predicted octanol–water partition coefficient (Wildman–Crippen LogP) is 3.50. The molecule has 0 aromatic heterocycles. The van der Waals surface area contributed by atoms with Crippen molar-refractivity contribution in [2.45, 2.75) is 18.6 Å². The second kappa shape index (κ2) is 3.08. The van der Waals surface area contributed by atoms with E-state index in [4.69, 9.17) is 11.6 Å². The van der Waals surface area contributed by atoms with Gasteiger partial charge in [0.05, 0.1) is 0 Å². The Morgan fingerprint density at radius 3 is 2.36 bits per heavy atom. The Morgan fingerprint density at radius 2 is 2.00 bits per heavy atom. The number of benzene rings is 1. The molecule has 1 aromatic carbocycles. The summed E-state index contributed by atoms with van der Waals surface area (Å²) in [4.78, 5) is 0. The summed E-state index contributed by atoms with van der Waals surface area (Å²) in [7, 11) is 0. The van der Waals surface area contributed by atoms with Crippen LogP contribution in [-0.2, 0) is 4.75 Å². The van der Waals surface area contributed by atoms with Crippen molar-refractivity contribution in [3.05, 3.63) is 34.9 Å². The van der Waals surface area contributed by atoms with Crippen LogP contribution in [0, 0.1) is 0 Å². The maximum atomic E-state index is 5.82. The first-order valence-corrected chi connectivity index (χ1v) is 4.31. The summed E-state index contributed by atoms with van der Waals surface area (Å²) >= 11 is 10.2. The molecule has 0 aliphatic rings. The van der Waals surface area contributed by atoms with Crippen molar-refractivity contribution in [2.75, 3.05) is 0 Å². The molecule has 0 saturated carbocycles. The van der Waals surface area contributed by atoms with Gasteiger partial charge < -0.3 is 0 Å². The zero-order valence-corrected chi connectivity index (χ0v) is 8.28. The lowest BCUT2D eigenvalue weighted by Gasteiger charge is -2.17. The number of rotatable bonds is 1. The van der Waals surface area contributed by atoms with Gasteiger partial charge in [-0.15, -0.1) is 0 Å². The minimum Gasteiger partial charge on any atom is -0.168 e. The van der Waals surface area contributed by atoms with Crippen LogP contribution >= 0.6 is 24.2 Å². The zero-order valence-electron chi connectivity index (χ0n) is 6.63. The van der Waals surface area contributed by atoms with Gasteiger partial charge in [-0.1, -0.05) is 23.7 Å². The van der Waals surface area contributed by atoms with Gasteiger partial charge in [0.25, 0.3) is 0 Å². The summed E-state index contributed by atoms with van der Waals surface area (Å²) in [5, 5.41) is 0.768. The highest BCUT2D eigenvalue weighted by Gasteiger charge is 2.13. The highest BCUT2D eigenvalue weighted by Crippen LogP contribution is 2.28. The monoisotopic (exact) mass is 186 g/mol. The third-order valence-electron chi connectivity index (χ3n) is 1.53. The molecule has 0 unspecified atom stereocenters. The van der Waals surface area contributed by atoms with Crippen LogP contribution in [0.4, 0.5) is 0 Å². The van der Waals surface area contributed by atoms with E-state index < -0.39 is 0 Å². The molecular formula is C9H11ClS. The molecule has 2 heteroatoms. The molecule has 0 heterocycles.